The third-order valence-electron chi connectivity index (χ3n) is 5.46. The highest BCUT2D eigenvalue weighted by Crippen LogP contribution is 2.27. The van der Waals surface area contributed by atoms with Crippen LogP contribution in [0.2, 0.25) is 0 Å². The number of rotatable bonds is 9. The number of carbonyl (C=O) groups is 2. The summed E-state index contributed by atoms with van der Waals surface area (Å²) < 4.78 is 19.0. The van der Waals surface area contributed by atoms with Gasteiger partial charge in [0.2, 0.25) is 5.91 Å². The summed E-state index contributed by atoms with van der Waals surface area (Å²) in [7, 11) is 1.44. The van der Waals surface area contributed by atoms with E-state index in [0.29, 0.717) is 30.6 Å². The molecular formula is C23H35FN4O3. The van der Waals surface area contributed by atoms with E-state index in [2.05, 4.69) is 15.6 Å². The van der Waals surface area contributed by atoms with Gasteiger partial charge in [-0.3, -0.25) is 9.59 Å². The number of hydrogen-bond donors (Lipinski definition) is 3. The molecule has 1 aromatic rings. The van der Waals surface area contributed by atoms with E-state index >= 15 is 0 Å². The molecule has 2 amide bonds. The van der Waals surface area contributed by atoms with Crippen LogP contribution in [0.4, 0.5) is 4.39 Å². The zero-order valence-electron chi connectivity index (χ0n) is 18.7. The third-order valence-corrected chi connectivity index (χ3v) is 5.46. The van der Waals surface area contributed by atoms with Crippen molar-refractivity contribution in [2.75, 3.05) is 13.7 Å². The quantitative estimate of drug-likeness (QED) is 0.409. The highest BCUT2D eigenvalue weighted by Gasteiger charge is 2.25. The maximum Gasteiger partial charge on any atom is 0.253 e. The minimum Gasteiger partial charge on any atom is -0.497 e. The van der Waals surface area contributed by atoms with Gasteiger partial charge in [0.25, 0.3) is 5.91 Å². The van der Waals surface area contributed by atoms with Crippen molar-refractivity contribution in [2.45, 2.75) is 64.8 Å². The second-order valence-corrected chi connectivity index (χ2v) is 8.60. The number of ether oxygens (including phenoxy) is 1. The molecule has 1 fully saturated rings. The SMILES string of the molecule is COc1ccc(CC(=O)N=C(N)NC(CC2CCCCC2)C(=O)NCC(C)C)c(F)c1. The molecule has 1 aliphatic carbocycles. The molecule has 7 nitrogen and oxygen atoms in total. The van der Waals surface area contributed by atoms with Crippen molar-refractivity contribution in [1.29, 1.82) is 0 Å². The largest absolute Gasteiger partial charge is 0.497 e. The van der Waals surface area contributed by atoms with E-state index in [-0.39, 0.29) is 23.9 Å². The number of amides is 2. The van der Waals surface area contributed by atoms with E-state index in [1.54, 1.807) is 6.07 Å². The number of hydrogen-bond acceptors (Lipinski definition) is 3. The summed E-state index contributed by atoms with van der Waals surface area (Å²) in [6.07, 6.45) is 6.15. The molecule has 0 aliphatic heterocycles. The summed E-state index contributed by atoms with van der Waals surface area (Å²) in [5.74, 6) is -0.271. The van der Waals surface area contributed by atoms with Gasteiger partial charge in [0.15, 0.2) is 5.96 Å². The molecule has 1 unspecified atom stereocenters. The first-order valence-corrected chi connectivity index (χ1v) is 11.0. The molecular weight excluding hydrogens is 399 g/mol. The molecule has 1 saturated carbocycles. The van der Waals surface area contributed by atoms with Gasteiger partial charge in [-0.05, 0) is 29.9 Å². The number of nitrogens with two attached hydrogens (primary N) is 1. The van der Waals surface area contributed by atoms with Gasteiger partial charge in [-0.15, -0.1) is 0 Å². The van der Waals surface area contributed by atoms with E-state index in [9.17, 15) is 14.0 Å². The normalized spacial score (nSPS) is 16.1. The van der Waals surface area contributed by atoms with Crippen LogP contribution in [0.15, 0.2) is 23.2 Å². The third kappa shape index (κ3) is 8.55. The van der Waals surface area contributed by atoms with E-state index in [4.69, 9.17) is 10.5 Å². The van der Waals surface area contributed by atoms with Gasteiger partial charge in [0, 0.05) is 12.6 Å². The monoisotopic (exact) mass is 434 g/mol. The molecule has 1 aromatic carbocycles. The highest BCUT2D eigenvalue weighted by molar-refractivity contribution is 5.95. The van der Waals surface area contributed by atoms with Crippen molar-refractivity contribution in [3.63, 3.8) is 0 Å². The topological polar surface area (TPSA) is 106 Å². The number of aliphatic imine (C=N–C) groups is 1. The summed E-state index contributed by atoms with van der Waals surface area (Å²) in [6, 6.07) is 3.72. The van der Waals surface area contributed by atoms with Gasteiger partial charge >= 0.3 is 0 Å². The van der Waals surface area contributed by atoms with Crippen molar-refractivity contribution in [2.24, 2.45) is 22.6 Å². The molecule has 1 atom stereocenters. The lowest BCUT2D eigenvalue weighted by molar-refractivity contribution is -0.123. The first kappa shape index (κ1) is 24.6. The first-order chi connectivity index (χ1) is 14.8. The van der Waals surface area contributed by atoms with Gasteiger partial charge in [0.1, 0.15) is 17.6 Å². The predicted octanol–water partition coefficient (Wildman–Crippen LogP) is 2.92. The van der Waals surface area contributed by atoms with Crippen LogP contribution in [-0.4, -0.2) is 37.5 Å². The predicted molar refractivity (Wildman–Crippen MR) is 119 cm³/mol. The second kappa shape index (κ2) is 12.3. The summed E-state index contributed by atoms with van der Waals surface area (Å²) in [6.45, 7) is 4.61. The van der Waals surface area contributed by atoms with Gasteiger partial charge < -0.3 is 21.1 Å². The number of methoxy groups -OCH3 is 1. The molecule has 0 radical (unpaired) electrons. The maximum atomic E-state index is 14.1. The Bertz CT molecular complexity index is 776. The van der Waals surface area contributed by atoms with E-state index < -0.39 is 17.8 Å². The number of carbonyl (C=O) groups excluding carboxylic acids is 2. The molecule has 0 aromatic heterocycles. The molecule has 0 bridgehead atoms. The van der Waals surface area contributed by atoms with E-state index in [1.165, 1.54) is 38.5 Å². The fourth-order valence-corrected chi connectivity index (χ4v) is 3.76. The molecule has 4 N–H and O–H groups in total. The Morgan fingerprint density at radius 1 is 1.26 bits per heavy atom. The lowest BCUT2D eigenvalue weighted by Gasteiger charge is -2.27. The minimum absolute atomic E-state index is 0.126. The highest BCUT2D eigenvalue weighted by atomic mass is 19.1. The number of guanidine groups is 1. The lowest BCUT2D eigenvalue weighted by atomic mass is 9.84. The minimum atomic E-state index is -0.590. The van der Waals surface area contributed by atoms with Crippen LogP contribution in [0.5, 0.6) is 5.75 Å². The summed E-state index contributed by atoms with van der Waals surface area (Å²) in [4.78, 5) is 28.8. The van der Waals surface area contributed by atoms with Gasteiger partial charge in [-0.2, -0.15) is 4.99 Å². The van der Waals surface area contributed by atoms with Crippen LogP contribution >= 0.6 is 0 Å². The number of nitrogens with zero attached hydrogens (tertiary/aromatic N) is 1. The van der Waals surface area contributed by atoms with Crippen LogP contribution in [0, 0.1) is 17.7 Å². The van der Waals surface area contributed by atoms with Crippen molar-refractivity contribution in [3.05, 3.63) is 29.6 Å². The Hall–Kier alpha value is -2.64. The molecule has 0 heterocycles. The Labute approximate surface area is 184 Å². The van der Waals surface area contributed by atoms with E-state index in [0.717, 1.165) is 12.8 Å². The van der Waals surface area contributed by atoms with Crippen LogP contribution in [-0.2, 0) is 16.0 Å². The average molecular weight is 435 g/mol. The fraction of sp³-hybridized carbons (Fsp3) is 0.609. The number of halogens is 1. The number of nitrogens with one attached hydrogen (secondary N) is 2. The summed E-state index contributed by atoms with van der Waals surface area (Å²) >= 11 is 0. The van der Waals surface area contributed by atoms with Crippen molar-refractivity contribution in [3.8, 4) is 5.75 Å². The van der Waals surface area contributed by atoms with E-state index in [1.807, 2.05) is 13.8 Å². The van der Waals surface area contributed by atoms with Crippen LogP contribution in [0.3, 0.4) is 0 Å². The molecule has 31 heavy (non-hydrogen) atoms. The Kier molecular flexibility index (Phi) is 9.75. The molecule has 2 rings (SSSR count). The zero-order valence-corrected chi connectivity index (χ0v) is 18.7. The van der Waals surface area contributed by atoms with Gasteiger partial charge in [0.05, 0.1) is 13.5 Å². The number of benzene rings is 1. The Balaban J connectivity index is 2.02. The summed E-state index contributed by atoms with van der Waals surface area (Å²) in [5, 5.41) is 5.85. The van der Waals surface area contributed by atoms with Gasteiger partial charge in [-0.25, -0.2) is 4.39 Å². The van der Waals surface area contributed by atoms with Gasteiger partial charge in [-0.1, -0.05) is 52.0 Å². The average Bonchev–Trinajstić information content (AvgIpc) is 2.73. The fourth-order valence-electron chi connectivity index (χ4n) is 3.76. The molecule has 0 saturated heterocycles. The maximum absolute atomic E-state index is 14.1. The molecule has 1 aliphatic rings. The van der Waals surface area contributed by atoms with Crippen LogP contribution in [0.25, 0.3) is 0 Å². The van der Waals surface area contributed by atoms with Crippen molar-refractivity contribution >= 4 is 17.8 Å². The van der Waals surface area contributed by atoms with Crippen molar-refractivity contribution < 1.29 is 18.7 Å². The first-order valence-electron chi connectivity index (χ1n) is 11.0. The molecule has 8 heteroatoms. The van der Waals surface area contributed by atoms with Crippen LogP contribution in [0.1, 0.15) is 57.9 Å². The molecule has 172 valence electrons. The smallest absolute Gasteiger partial charge is 0.253 e. The Morgan fingerprint density at radius 2 is 1.97 bits per heavy atom. The molecule has 0 spiro atoms. The van der Waals surface area contributed by atoms with Crippen molar-refractivity contribution in [1.82, 2.24) is 10.6 Å². The second-order valence-electron chi connectivity index (χ2n) is 8.60. The Morgan fingerprint density at radius 3 is 2.58 bits per heavy atom. The zero-order chi connectivity index (χ0) is 22.8. The summed E-state index contributed by atoms with van der Waals surface area (Å²) in [5.41, 5.74) is 6.14. The van der Waals surface area contributed by atoms with Crippen LogP contribution < -0.4 is 21.1 Å². The standard InChI is InChI=1S/C23H35FN4O3/c1-15(2)14-26-22(30)20(11-16-7-5-4-6-8-16)27-23(25)28-21(29)12-17-9-10-18(31-3)13-19(17)24/h9-10,13,15-16,20H,4-8,11-12,14H2,1-3H3,(H,26,30)(H3,25,27,28,29). The lowest BCUT2D eigenvalue weighted by Crippen LogP contribution is -2.51.